The van der Waals surface area contributed by atoms with Crippen LogP contribution in [0.2, 0.25) is 0 Å². The lowest BCUT2D eigenvalue weighted by molar-refractivity contribution is 0.464. The average Bonchev–Trinajstić information content (AvgIpc) is 2.70. The van der Waals surface area contributed by atoms with Crippen molar-refractivity contribution in [3.05, 3.63) is 92.5 Å². The zero-order chi connectivity index (χ0) is 20.8. The van der Waals surface area contributed by atoms with Gasteiger partial charge in [0.2, 0.25) is 0 Å². The maximum Gasteiger partial charge on any atom is 0.121 e. The number of rotatable bonds is 3. The molecule has 2 nitrogen and oxygen atoms in total. The van der Waals surface area contributed by atoms with E-state index in [0.29, 0.717) is 11.5 Å². The molecule has 0 amide bonds. The lowest BCUT2D eigenvalue weighted by Crippen LogP contribution is -2.28. The summed E-state index contributed by atoms with van der Waals surface area (Å²) in [6, 6.07) is 14.7. The van der Waals surface area contributed by atoms with E-state index in [1.807, 2.05) is 33.8 Å². The smallest absolute Gasteiger partial charge is 0.121 e. The van der Waals surface area contributed by atoms with Crippen LogP contribution >= 0.6 is 0 Å². The van der Waals surface area contributed by atoms with Crippen molar-refractivity contribution in [3.63, 3.8) is 0 Å². The van der Waals surface area contributed by atoms with Crippen LogP contribution in [0.25, 0.3) is 0 Å². The van der Waals surface area contributed by atoms with Gasteiger partial charge in [0.25, 0.3) is 0 Å². The first-order chi connectivity index (χ1) is 13.1. The van der Waals surface area contributed by atoms with Gasteiger partial charge in [-0.1, -0.05) is 42.5 Å². The van der Waals surface area contributed by atoms with E-state index in [1.54, 1.807) is 0 Å². The predicted octanol–water partition coefficient (Wildman–Crippen LogP) is 6.30. The maximum absolute atomic E-state index is 10.5. The Kier molecular flexibility index (Phi) is 5.01. The van der Waals surface area contributed by atoms with E-state index in [1.165, 1.54) is 16.7 Å². The summed E-state index contributed by atoms with van der Waals surface area (Å²) in [5.41, 5.74) is 8.92. The molecular formula is C26H30O2. The molecule has 3 rings (SSSR count). The third-order valence-electron chi connectivity index (χ3n) is 6.54. The molecule has 0 bridgehead atoms. The van der Waals surface area contributed by atoms with Gasteiger partial charge < -0.3 is 10.2 Å². The highest BCUT2D eigenvalue weighted by atomic mass is 16.3. The van der Waals surface area contributed by atoms with Gasteiger partial charge in [-0.25, -0.2) is 0 Å². The molecule has 3 aromatic carbocycles. The Morgan fingerprint density at radius 1 is 0.607 bits per heavy atom. The van der Waals surface area contributed by atoms with Crippen LogP contribution in [0.15, 0.2) is 42.5 Å². The molecule has 0 aliphatic carbocycles. The van der Waals surface area contributed by atoms with Gasteiger partial charge in [-0.3, -0.25) is 0 Å². The standard InChI is InChI=1S/C26H30O2/c1-15-13-22(17(3)19(5)24(15)27)26(7,21-11-9-8-10-12-21)23-14-16(2)25(28)20(6)18(23)4/h8-14,27-28H,1-7H3. The van der Waals surface area contributed by atoms with Crippen molar-refractivity contribution in [2.24, 2.45) is 0 Å². The Morgan fingerprint density at radius 3 is 1.39 bits per heavy atom. The first-order valence-corrected chi connectivity index (χ1v) is 9.76. The molecule has 0 saturated carbocycles. The fourth-order valence-electron chi connectivity index (χ4n) is 4.40. The Hall–Kier alpha value is -2.74. The predicted molar refractivity (Wildman–Crippen MR) is 117 cm³/mol. The van der Waals surface area contributed by atoms with E-state index < -0.39 is 5.41 Å². The summed E-state index contributed by atoms with van der Waals surface area (Å²) < 4.78 is 0. The Morgan fingerprint density at radius 2 is 1.00 bits per heavy atom. The van der Waals surface area contributed by atoms with Crippen molar-refractivity contribution < 1.29 is 10.2 Å². The van der Waals surface area contributed by atoms with Crippen molar-refractivity contribution >= 4 is 0 Å². The monoisotopic (exact) mass is 374 g/mol. The van der Waals surface area contributed by atoms with Gasteiger partial charge in [0.15, 0.2) is 0 Å². The van der Waals surface area contributed by atoms with E-state index >= 15 is 0 Å². The number of phenols is 2. The topological polar surface area (TPSA) is 40.5 Å². The lowest BCUT2D eigenvalue weighted by atomic mass is 9.67. The highest BCUT2D eigenvalue weighted by molar-refractivity contribution is 5.62. The van der Waals surface area contributed by atoms with E-state index in [2.05, 4.69) is 57.2 Å². The van der Waals surface area contributed by atoms with Crippen molar-refractivity contribution in [2.45, 2.75) is 53.9 Å². The molecule has 0 heterocycles. The summed E-state index contributed by atoms with van der Waals surface area (Å²) in [5, 5.41) is 20.9. The van der Waals surface area contributed by atoms with Crippen molar-refractivity contribution in [2.75, 3.05) is 0 Å². The number of benzene rings is 3. The zero-order valence-electron chi connectivity index (χ0n) is 17.9. The third-order valence-corrected chi connectivity index (χ3v) is 6.54. The van der Waals surface area contributed by atoms with Crippen LogP contribution in [0.3, 0.4) is 0 Å². The van der Waals surface area contributed by atoms with E-state index in [9.17, 15) is 10.2 Å². The fourth-order valence-corrected chi connectivity index (χ4v) is 4.40. The molecule has 0 aromatic heterocycles. The van der Waals surface area contributed by atoms with Crippen LogP contribution in [0, 0.1) is 41.5 Å². The third kappa shape index (κ3) is 2.88. The molecular weight excluding hydrogens is 344 g/mol. The first kappa shape index (κ1) is 20.0. The van der Waals surface area contributed by atoms with Crippen LogP contribution in [-0.4, -0.2) is 10.2 Å². The second-order valence-corrected chi connectivity index (χ2v) is 8.17. The molecule has 0 atom stereocenters. The number of aromatic hydroxyl groups is 2. The molecule has 2 heteroatoms. The molecule has 0 saturated heterocycles. The minimum atomic E-state index is -0.415. The quantitative estimate of drug-likeness (QED) is 0.528. The average molecular weight is 375 g/mol. The van der Waals surface area contributed by atoms with E-state index in [0.717, 1.165) is 33.4 Å². The number of phenolic OH excluding ortho intramolecular Hbond substituents is 2. The Bertz CT molecular complexity index is 983. The first-order valence-electron chi connectivity index (χ1n) is 9.76. The van der Waals surface area contributed by atoms with Crippen LogP contribution in [0.1, 0.15) is 57.0 Å². The highest BCUT2D eigenvalue weighted by Gasteiger charge is 2.36. The second-order valence-electron chi connectivity index (χ2n) is 8.17. The van der Waals surface area contributed by atoms with Crippen LogP contribution in [0.5, 0.6) is 11.5 Å². The summed E-state index contributed by atoms with van der Waals surface area (Å²) in [5.74, 6) is 0.734. The number of hydrogen-bond donors (Lipinski definition) is 2. The molecule has 0 fully saturated rings. The summed E-state index contributed by atoms with van der Waals surface area (Å²) in [4.78, 5) is 0. The molecule has 2 N–H and O–H groups in total. The Balaban J connectivity index is 2.48. The van der Waals surface area contributed by atoms with E-state index in [-0.39, 0.29) is 0 Å². The van der Waals surface area contributed by atoms with Gasteiger partial charge in [-0.15, -0.1) is 0 Å². The summed E-state index contributed by atoms with van der Waals surface area (Å²) >= 11 is 0. The normalized spacial score (nSPS) is 11.7. The van der Waals surface area contributed by atoms with Gasteiger partial charge in [0.1, 0.15) is 11.5 Å². The summed E-state index contributed by atoms with van der Waals surface area (Å²) in [6.07, 6.45) is 0. The molecule has 146 valence electrons. The summed E-state index contributed by atoms with van der Waals surface area (Å²) in [6.45, 7) is 14.3. The molecule has 0 spiro atoms. The van der Waals surface area contributed by atoms with Gasteiger partial charge in [0.05, 0.1) is 0 Å². The van der Waals surface area contributed by atoms with Crippen molar-refractivity contribution in [1.29, 1.82) is 0 Å². The Labute approximate surface area is 168 Å². The SMILES string of the molecule is Cc1cc(C(C)(c2ccccc2)c2cc(C)c(O)c(C)c2C)c(C)c(C)c1O. The van der Waals surface area contributed by atoms with Gasteiger partial charge >= 0.3 is 0 Å². The molecule has 0 radical (unpaired) electrons. The van der Waals surface area contributed by atoms with Gasteiger partial charge in [0, 0.05) is 5.41 Å². The van der Waals surface area contributed by atoms with Crippen LogP contribution in [-0.2, 0) is 5.41 Å². The van der Waals surface area contributed by atoms with Crippen LogP contribution in [0.4, 0.5) is 0 Å². The largest absolute Gasteiger partial charge is 0.507 e. The summed E-state index contributed by atoms with van der Waals surface area (Å²) in [7, 11) is 0. The van der Waals surface area contributed by atoms with Crippen LogP contribution < -0.4 is 0 Å². The molecule has 28 heavy (non-hydrogen) atoms. The maximum atomic E-state index is 10.5. The molecule has 0 aliphatic rings. The molecule has 0 unspecified atom stereocenters. The number of hydrogen-bond acceptors (Lipinski definition) is 2. The fraction of sp³-hybridized carbons (Fsp3) is 0.308. The zero-order valence-corrected chi connectivity index (χ0v) is 17.9. The molecule has 0 aliphatic heterocycles. The highest BCUT2D eigenvalue weighted by Crippen LogP contribution is 2.46. The van der Waals surface area contributed by atoms with Crippen molar-refractivity contribution in [1.82, 2.24) is 0 Å². The lowest BCUT2D eigenvalue weighted by Gasteiger charge is -2.36. The number of aryl methyl sites for hydroxylation is 2. The van der Waals surface area contributed by atoms with Gasteiger partial charge in [-0.2, -0.15) is 0 Å². The van der Waals surface area contributed by atoms with Gasteiger partial charge in [-0.05, 0) is 98.5 Å². The van der Waals surface area contributed by atoms with Crippen molar-refractivity contribution in [3.8, 4) is 11.5 Å². The van der Waals surface area contributed by atoms with E-state index in [4.69, 9.17) is 0 Å². The minimum absolute atomic E-state index is 0.367. The molecule has 3 aromatic rings. The second kappa shape index (κ2) is 7.01. The minimum Gasteiger partial charge on any atom is -0.507 e.